The van der Waals surface area contributed by atoms with Crippen molar-refractivity contribution < 1.29 is 8.78 Å². The zero-order chi connectivity index (χ0) is 11.5. The number of rotatable bonds is 3. The Hall–Kier alpha value is -0.610. The Morgan fingerprint density at radius 3 is 2.81 bits per heavy atom. The molecule has 0 aromatic heterocycles. The van der Waals surface area contributed by atoms with Crippen LogP contribution >= 0.6 is 11.8 Å². The molecule has 1 aliphatic carbocycles. The van der Waals surface area contributed by atoms with Gasteiger partial charge in [-0.2, -0.15) is 0 Å². The molecule has 0 heterocycles. The minimum absolute atomic E-state index is 0.320. The van der Waals surface area contributed by atoms with Crippen molar-refractivity contribution in [3.8, 4) is 0 Å². The second-order valence-electron chi connectivity index (χ2n) is 4.11. The highest BCUT2D eigenvalue weighted by Crippen LogP contribution is 2.36. The summed E-state index contributed by atoms with van der Waals surface area (Å²) in [7, 11) is 1.94. The van der Waals surface area contributed by atoms with Crippen LogP contribution in [0.2, 0.25) is 0 Å². The smallest absolute Gasteiger partial charge is 0.136 e. The largest absolute Gasteiger partial charge is 0.317 e. The number of hydrogen-bond donors (Lipinski definition) is 1. The van der Waals surface area contributed by atoms with Gasteiger partial charge >= 0.3 is 0 Å². The van der Waals surface area contributed by atoms with Crippen molar-refractivity contribution in [2.24, 2.45) is 0 Å². The first-order valence-corrected chi connectivity index (χ1v) is 6.36. The molecule has 0 amide bonds. The van der Waals surface area contributed by atoms with Crippen LogP contribution in [0.1, 0.15) is 19.3 Å². The van der Waals surface area contributed by atoms with Gasteiger partial charge in [-0.3, -0.25) is 0 Å². The summed E-state index contributed by atoms with van der Waals surface area (Å²) in [4.78, 5) is 0.432. The Morgan fingerprint density at radius 1 is 1.31 bits per heavy atom. The van der Waals surface area contributed by atoms with Gasteiger partial charge in [0.1, 0.15) is 11.6 Å². The van der Waals surface area contributed by atoms with Gasteiger partial charge in [0.2, 0.25) is 0 Å². The third-order valence-electron chi connectivity index (χ3n) is 2.98. The number of nitrogens with one attached hydrogen (secondary N) is 1. The lowest BCUT2D eigenvalue weighted by Crippen LogP contribution is -2.21. The highest BCUT2D eigenvalue weighted by atomic mass is 32.2. The fourth-order valence-corrected chi connectivity index (χ4v) is 3.36. The van der Waals surface area contributed by atoms with Crippen LogP contribution in [0.3, 0.4) is 0 Å². The van der Waals surface area contributed by atoms with E-state index in [-0.39, 0.29) is 11.6 Å². The topological polar surface area (TPSA) is 12.0 Å². The molecule has 0 aliphatic heterocycles. The summed E-state index contributed by atoms with van der Waals surface area (Å²) in [6.07, 6.45) is 3.20. The Bertz CT molecular complexity index is 370. The molecule has 1 aromatic carbocycles. The van der Waals surface area contributed by atoms with Crippen LogP contribution in [-0.2, 0) is 0 Å². The molecule has 1 aliphatic rings. The van der Waals surface area contributed by atoms with E-state index in [4.69, 9.17) is 0 Å². The van der Waals surface area contributed by atoms with E-state index < -0.39 is 0 Å². The molecule has 1 aromatic rings. The molecule has 1 nitrogen and oxygen atoms in total. The first-order chi connectivity index (χ1) is 7.69. The normalized spacial score (nSPS) is 24.9. The molecule has 4 heteroatoms. The van der Waals surface area contributed by atoms with Gasteiger partial charge in [-0.15, -0.1) is 11.8 Å². The molecule has 0 saturated heterocycles. The highest BCUT2D eigenvalue weighted by molar-refractivity contribution is 8.00. The molecular weight excluding hydrogens is 228 g/mol. The molecule has 16 heavy (non-hydrogen) atoms. The first-order valence-electron chi connectivity index (χ1n) is 5.48. The summed E-state index contributed by atoms with van der Waals surface area (Å²) in [6, 6.07) is 4.16. The second-order valence-corrected chi connectivity index (χ2v) is 5.46. The van der Waals surface area contributed by atoms with Crippen LogP contribution in [0.15, 0.2) is 23.1 Å². The SMILES string of the molecule is CNC1CCC(Sc2cc(F)ccc2F)C1. The van der Waals surface area contributed by atoms with Gasteiger partial charge in [0.05, 0.1) is 0 Å². The Morgan fingerprint density at radius 2 is 2.12 bits per heavy atom. The summed E-state index contributed by atoms with van der Waals surface area (Å²) in [5.41, 5.74) is 0. The summed E-state index contributed by atoms with van der Waals surface area (Å²) in [6.45, 7) is 0. The minimum atomic E-state index is -0.368. The maximum Gasteiger partial charge on any atom is 0.136 e. The van der Waals surface area contributed by atoms with E-state index in [1.165, 1.54) is 23.9 Å². The Kier molecular flexibility index (Phi) is 3.82. The Labute approximate surface area is 98.6 Å². The lowest BCUT2D eigenvalue weighted by atomic mass is 10.3. The standard InChI is InChI=1S/C12H15F2NS/c1-15-9-3-4-10(7-9)16-12-6-8(13)2-5-11(12)14/h2,5-6,9-10,15H,3-4,7H2,1H3. The van der Waals surface area contributed by atoms with Crippen molar-refractivity contribution in [2.45, 2.75) is 35.4 Å². The van der Waals surface area contributed by atoms with Gasteiger partial charge in [0, 0.05) is 16.2 Å². The predicted octanol–water partition coefficient (Wildman–Crippen LogP) is 3.20. The van der Waals surface area contributed by atoms with Crippen LogP contribution in [0.5, 0.6) is 0 Å². The predicted molar refractivity (Wildman–Crippen MR) is 62.7 cm³/mol. The fraction of sp³-hybridized carbons (Fsp3) is 0.500. The zero-order valence-corrected chi connectivity index (χ0v) is 9.99. The van der Waals surface area contributed by atoms with Crippen LogP contribution in [0, 0.1) is 11.6 Å². The quantitative estimate of drug-likeness (QED) is 0.875. The van der Waals surface area contributed by atoms with E-state index in [9.17, 15) is 8.78 Å². The van der Waals surface area contributed by atoms with Crippen LogP contribution in [-0.4, -0.2) is 18.3 Å². The zero-order valence-electron chi connectivity index (χ0n) is 9.17. The highest BCUT2D eigenvalue weighted by Gasteiger charge is 2.25. The summed E-state index contributed by atoms with van der Waals surface area (Å²) < 4.78 is 26.4. The molecule has 0 radical (unpaired) electrons. The van der Waals surface area contributed by atoms with Crippen molar-refractivity contribution in [3.63, 3.8) is 0 Å². The molecule has 2 unspecified atom stereocenters. The molecule has 0 bridgehead atoms. The van der Waals surface area contributed by atoms with E-state index in [0.29, 0.717) is 16.2 Å². The fourth-order valence-electron chi connectivity index (χ4n) is 2.06. The van der Waals surface area contributed by atoms with Gasteiger partial charge in [-0.1, -0.05) is 0 Å². The van der Waals surface area contributed by atoms with Gasteiger partial charge in [-0.25, -0.2) is 8.78 Å². The molecule has 2 rings (SSSR count). The van der Waals surface area contributed by atoms with Gasteiger partial charge < -0.3 is 5.32 Å². The second kappa shape index (κ2) is 5.15. The lowest BCUT2D eigenvalue weighted by Gasteiger charge is -2.11. The molecule has 1 fully saturated rings. The molecule has 88 valence electrons. The summed E-state index contributed by atoms with van der Waals surface area (Å²) in [5.74, 6) is -0.689. The molecule has 0 spiro atoms. The maximum absolute atomic E-state index is 13.4. The van der Waals surface area contributed by atoms with Crippen LogP contribution < -0.4 is 5.32 Å². The van der Waals surface area contributed by atoms with Crippen molar-refractivity contribution in [3.05, 3.63) is 29.8 Å². The van der Waals surface area contributed by atoms with E-state index in [1.54, 1.807) is 0 Å². The first kappa shape index (κ1) is 11.9. The van der Waals surface area contributed by atoms with Crippen molar-refractivity contribution in [1.29, 1.82) is 0 Å². The van der Waals surface area contributed by atoms with E-state index in [0.717, 1.165) is 25.3 Å². The van der Waals surface area contributed by atoms with Gasteiger partial charge in [0.15, 0.2) is 0 Å². The average molecular weight is 243 g/mol. The van der Waals surface area contributed by atoms with Gasteiger partial charge in [-0.05, 0) is 44.5 Å². The summed E-state index contributed by atoms with van der Waals surface area (Å²) >= 11 is 1.46. The minimum Gasteiger partial charge on any atom is -0.317 e. The van der Waals surface area contributed by atoms with E-state index in [2.05, 4.69) is 5.32 Å². The van der Waals surface area contributed by atoms with Crippen LogP contribution in [0.25, 0.3) is 0 Å². The van der Waals surface area contributed by atoms with Gasteiger partial charge in [0.25, 0.3) is 0 Å². The van der Waals surface area contributed by atoms with Crippen molar-refractivity contribution in [2.75, 3.05) is 7.05 Å². The summed E-state index contributed by atoms with van der Waals surface area (Å²) in [5, 5.41) is 3.62. The molecule has 1 N–H and O–H groups in total. The van der Waals surface area contributed by atoms with E-state index in [1.807, 2.05) is 7.05 Å². The third-order valence-corrected chi connectivity index (χ3v) is 4.31. The van der Waals surface area contributed by atoms with Crippen molar-refractivity contribution in [1.82, 2.24) is 5.32 Å². The Balaban J connectivity index is 2.01. The molecular formula is C12H15F2NS. The lowest BCUT2D eigenvalue weighted by molar-refractivity contribution is 0.575. The van der Waals surface area contributed by atoms with Crippen LogP contribution in [0.4, 0.5) is 8.78 Å². The molecule has 2 atom stereocenters. The number of hydrogen-bond acceptors (Lipinski definition) is 2. The number of thioether (sulfide) groups is 1. The third kappa shape index (κ3) is 2.74. The monoisotopic (exact) mass is 243 g/mol. The van der Waals surface area contributed by atoms with E-state index >= 15 is 0 Å². The molecule has 1 saturated carbocycles. The maximum atomic E-state index is 13.4. The van der Waals surface area contributed by atoms with Crippen molar-refractivity contribution >= 4 is 11.8 Å². The number of benzene rings is 1. The average Bonchev–Trinajstić information content (AvgIpc) is 2.71. The number of halogens is 2.